The maximum Gasteiger partial charge on any atom is 0.221 e. The third-order valence-electron chi connectivity index (χ3n) is 3.59. The zero-order chi connectivity index (χ0) is 15.0. The van der Waals surface area contributed by atoms with Gasteiger partial charge in [0.15, 0.2) is 0 Å². The Balaban J connectivity index is 2.34. The van der Waals surface area contributed by atoms with Gasteiger partial charge in [-0.15, -0.1) is 0 Å². The second-order valence-electron chi connectivity index (χ2n) is 5.84. The van der Waals surface area contributed by atoms with Gasteiger partial charge in [-0.2, -0.15) is 0 Å². The van der Waals surface area contributed by atoms with Gasteiger partial charge in [0, 0.05) is 32.5 Å². The summed E-state index contributed by atoms with van der Waals surface area (Å²) in [6, 6.07) is 0.153. The van der Waals surface area contributed by atoms with E-state index in [1.54, 1.807) is 11.8 Å². The van der Waals surface area contributed by atoms with Gasteiger partial charge in [-0.05, 0) is 46.0 Å². The highest BCUT2D eigenvalue weighted by atomic mass is 16.2. The molecule has 0 unspecified atom stereocenters. The van der Waals surface area contributed by atoms with Crippen molar-refractivity contribution in [3.63, 3.8) is 0 Å². The first-order valence-electron chi connectivity index (χ1n) is 7.72. The van der Waals surface area contributed by atoms with Crippen LogP contribution >= 0.6 is 0 Å². The summed E-state index contributed by atoms with van der Waals surface area (Å²) in [5.41, 5.74) is 1.47. The minimum Gasteiger partial charge on any atom is -0.354 e. The lowest BCUT2D eigenvalue weighted by Crippen LogP contribution is -2.36. The average Bonchev–Trinajstić information content (AvgIpc) is 2.38. The molecule has 0 aromatic carbocycles. The van der Waals surface area contributed by atoms with Gasteiger partial charge in [-0.25, -0.2) is 0 Å². The Labute approximate surface area is 122 Å². The van der Waals surface area contributed by atoms with Gasteiger partial charge in [-0.3, -0.25) is 9.59 Å². The standard InChI is InChI=1S/C16H28N2O2/c1-13(2)17-16(20)10-12-18(14(3)19)11-9-15-7-5-4-6-8-15/h7,13H,4-6,8-12H2,1-3H3,(H,17,20). The molecule has 2 amide bonds. The molecule has 0 spiro atoms. The predicted molar refractivity (Wildman–Crippen MR) is 81.3 cm³/mol. The van der Waals surface area contributed by atoms with Crippen LogP contribution < -0.4 is 5.32 Å². The Hall–Kier alpha value is -1.32. The lowest BCUT2D eigenvalue weighted by molar-refractivity contribution is -0.129. The number of nitrogens with one attached hydrogen (secondary N) is 1. The first-order valence-corrected chi connectivity index (χ1v) is 7.72. The third kappa shape index (κ3) is 6.73. The van der Waals surface area contributed by atoms with Gasteiger partial charge in [-0.1, -0.05) is 11.6 Å². The van der Waals surface area contributed by atoms with E-state index in [0.717, 1.165) is 13.0 Å². The minimum absolute atomic E-state index is 0.0168. The average molecular weight is 280 g/mol. The van der Waals surface area contributed by atoms with Crippen molar-refractivity contribution in [1.29, 1.82) is 0 Å². The predicted octanol–water partition coefficient (Wildman–Crippen LogP) is 2.64. The van der Waals surface area contributed by atoms with E-state index in [9.17, 15) is 9.59 Å². The molecule has 0 aromatic heterocycles. The molecule has 1 aliphatic carbocycles. The molecule has 0 saturated heterocycles. The van der Waals surface area contributed by atoms with Gasteiger partial charge in [0.05, 0.1) is 0 Å². The molecular formula is C16H28N2O2. The first-order chi connectivity index (χ1) is 9.49. The second-order valence-corrected chi connectivity index (χ2v) is 5.84. The molecule has 0 radical (unpaired) electrons. The van der Waals surface area contributed by atoms with Crippen molar-refractivity contribution in [2.24, 2.45) is 0 Å². The van der Waals surface area contributed by atoms with Crippen molar-refractivity contribution in [2.75, 3.05) is 13.1 Å². The SMILES string of the molecule is CC(=O)N(CCC(=O)NC(C)C)CCC1=CCCCC1. The summed E-state index contributed by atoms with van der Waals surface area (Å²) in [5.74, 6) is 0.0712. The van der Waals surface area contributed by atoms with Crippen molar-refractivity contribution in [1.82, 2.24) is 10.2 Å². The maximum atomic E-state index is 11.6. The number of rotatable bonds is 7. The van der Waals surface area contributed by atoms with Gasteiger partial charge in [0.25, 0.3) is 0 Å². The largest absolute Gasteiger partial charge is 0.354 e. The first kappa shape index (κ1) is 16.7. The van der Waals surface area contributed by atoms with E-state index in [1.807, 2.05) is 13.8 Å². The summed E-state index contributed by atoms with van der Waals surface area (Å²) in [4.78, 5) is 25.0. The molecular weight excluding hydrogens is 252 g/mol. The van der Waals surface area contributed by atoms with E-state index in [-0.39, 0.29) is 17.9 Å². The van der Waals surface area contributed by atoms with Crippen LogP contribution in [-0.4, -0.2) is 35.8 Å². The van der Waals surface area contributed by atoms with E-state index < -0.39 is 0 Å². The van der Waals surface area contributed by atoms with Gasteiger partial charge in [0.2, 0.25) is 11.8 Å². The molecule has 0 aliphatic heterocycles. The molecule has 0 heterocycles. The number of carbonyl (C=O) groups is 2. The summed E-state index contributed by atoms with van der Waals surface area (Å²) in [6.07, 6.45) is 8.54. The number of hydrogen-bond acceptors (Lipinski definition) is 2. The van der Waals surface area contributed by atoms with Crippen LogP contribution in [0.25, 0.3) is 0 Å². The highest BCUT2D eigenvalue weighted by Crippen LogP contribution is 2.20. The second kappa shape index (κ2) is 8.77. The van der Waals surface area contributed by atoms with Gasteiger partial charge >= 0.3 is 0 Å². The zero-order valence-electron chi connectivity index (χ0n) is 13.1. The molecule has 0 fully saturated rings. The number of carbonyl (C=O) groups excluding carboxylic acids is 2. The molecule has 0 saturated carbocycles. The molecule has 114 valence electrons. The Kier molecular flexibility index (Phi) is 7.34. The van der Waals surface area contributed by atoms with E-state index in [4.69, 9.17) is 0 Å². The van der Waals surface area contributed by atoms with Crippen LogP contribution in [0.1, 0.15) is 59.3 Å². The van der Waals surface area contributed by atoms with Crippen LogP contribution in [0, 0.1) is 0 Å². The number of hydrogen-bond donors (Lipinski definition) is 1. The van der Waals surface area contributed by atoms with Crippen molar-refractivity contribution in [3.8, 4) is 0 Å². The number of allylic oxidation sites excluding steroid dienone is 1. The summed E-state index contributed by atoms with van der Waals surface area (Å²) < 4.78 is 0. The van der Waals surface area contributed by atoms with Gasteiger partial charge in [0.1, 0.15) is 0 Å². The van der Waals surface area contributed by atoms with E-state index in [2.05, 4.69) is 11.4 Å². The molecule has 20 heavy (non-hydrogen) atoms. The maximum absolute atomic E-state index is 11.6. The highest BCUT2D eigenvalue weighted by Gasteiger charge is 2.13. The fourth-order valence-corrected chi connectivity index (χ4v) is 2.47. The highest BCUT2D eigenvalue weighted by molar-refractivity contribution is 5.78. The van der Waals surface area contributed by atoms with E-state index in [0.29, 0.717) is 13.0 Å². The quantitative estimate of drug-likeness (QED) is 0.729. The molecule has 4 nitrogen and oxygen atoms in total. The Morgan fingerprint density at radius 2 is 2.05 bits per heavy atom. The molecule has 1 rings (SSSR count). The third-order valence-corrected chi connectivity index (χ3v) is 3.59. The van der Waals surface area contributed by atoms with Crippen LogP contribution in [0.4, 0.5) is 0 Å². The Bertz CT molecular complexity index is 361. The Morgan fingerprint density at radius 3 is 2.60 bits per heavy atom. The normalized spacial score (nSPS) is 14.9. The van der Waals surface area contributed by atoms with Crippen LogP contribution in [0.3, 0.4) is 0 Å². The van der Waals surface area contributed by atoms with E-state index in [1.165, 1.54) is 31.3 Å². The van der Waals surface area contributed by atoms with Crippen molar-refractivity contribution in [2.45, 2.75) is 65.3 Å². The monoisotopic (exact) mass is 280 g/mol. The zero-order valence-corrected chi connectivity index (χ0v) is 13.1. The molecule has 1 N–H and O–H groups in total. The Morgan fingerprint density at radius 1 is 1.30 bits per heavy atom. The number of amides is 2. The molecule has 4 heteroatoms. The van der Waals surface area contributed by atoms with Crippen LogP contribution in [0.5, 0.6) is 0 Å². The smallest absolute Gasteiger partial charge is 0.221 e. The summed E-state index contributed by atoms with van der Waals surface area (Å²) in [5, 5.41) is 2.85. The fourth-order valence-electron chi connectivity index (χ4n) is 2.47. The van der Waals surface area contributed by atoms with Crippen LogP contribution in [0.2, 0.25) is 0 Å². The molecule has 0 bridgehead atoms. The molecule has 0 aromatic rings. The fraction of sp³-hybridized carbons (Fsp3) is 0.750. The topological polar surface area (TPSA) is 49.4 Å². The van der Waals surface area contributed by atoms with Crippen molar-refractivity contribution < 1.29 is 9.59 Å². The van der Waals surface area contributed by atoms with Crippen LogP contribution in [0.15, 0.2) is 11.6 Å². The van der Waals surface area contributed by atoms with Gasteiger partial charge < -0.3 is 10.2 Å². The molecule has 1 aliphatic rings. The summed E-state index contributed by atoms with van der Waals surface area (Å²) in [6.45, 7) is 6.71. The summed E-state index contributed by atoms with van der Waals surface area (Å²) in [7, 11) is 0. The van der Waals surface area contributed by atoms with Crippen molar-refractivity contribution >= 4 is 11.8 Å². The lowest BCUT2D eigenvalue weighted by atomic mass is 9.97. The van der Waals surface area contributed by atoms with Crippen molar-refractivity contribution in [3.05, 3.63) is 11.6 Å². The summed E-state index contributed by atoms with van der Waals surface area (Å²) >= 11 is 0. The molecule has 0 atom stereocenters. The lowest BCUT2D eigenvalue weighted by Gasteiger charge is -2.22. The van der Waals surface area contributed by atoms with Crippen LogP contribution in [-0.2, 0) is 9.59 Å². The minimum atomic E-state index is 0.0168. The van der Waals surface area contributed by atoms with E-state index >= 15 is 0 Å². The number of nitrogens with zero attached hydrogens (tertiary/aromatic N) is 1.